The number of ether oxygens (including phenoxy) is 1. The molecule has 1 amide bonds. The summed E-state index contributed by atoms with van der Waals surface area (Å²) in [5, 5.41) is 11.6. The molecule has 3 rings (SSSR count). The van der Waals surface area contributed by atoms with E-state index in [-0.39, 0.29) is 5.91 Å². The predicted molar refractivity (Wildman–Crippen MR) is 92.1 cm³/mol. The van der Waals surface area contributed by atoms with E-state index in [2.05, 4.69) is 5.32 Å². The predicted octanol–water partition coefficient (Wildman–Crippen LogP) is 4.60. The molecule has 0 spiro atoms. The quantitative estimate of drug-likeness (QED) is 0.765. The molecule has 0 aliphatic rings. The minimum atomic E-state index is -0.272. The van der Waals surface area contributed by atoms with Crippen LogP contribution in [0.25, 0.3) is 0 Å². The van der Waals surface area contributed by atoms with E-state index in [0.717, 1.165) is 0 Å². The van der Waals surface area contributed by atoms with Gasteiger partial charge in [-0.05, 0) is 48.5 Å². The van der Waals surface area contributed by atoms with E-state index in [1.807, 2.05) is 42.5 Å². The van der Waals surface area contributed by atoms with Crippen LogP contribution < -0.4 is 10.1 Å². The number of hydrogen-bond donors (Lipinski definition) is 1. The largest absolute Gasteiger partial charge is 0.457 e. The average molecular weight is 314 g/mol. The molecule has 0 fully saturated rings. The van der Waals surface area contributed by atoms with Crippen molar-refractivity contribution in [2.45, 2.75) is 0 Å². The number of carbonyl (C=O) groups excluding carboxylic acids is 1. The molecule has 3 aromatic carbocycles. The standard InChI is InChI=1S/C20H14N2O2/c21-14-15-10-12-16(13-11-15)22-20(23)18-8-4-5-9-19(18)24-17-6-2-1-3-7-17/h1-13H,(H,22,23). The van der Waals surface area contributed by atoms with Crippen molar-refractivity contribution >= 4 is 11.6 Å². The number of nitriles is 1. The Morgan fingerprint density at radius 1 is 0.875 bits per heavy atom. The molecule has 0 saturated heterocycles. The highest BCUT2D eigenvalue weighted by Crippen LogP contribution is 2.25. The van der Waals surface area contributed by atoms with E-state index in [0.29, 0.717) is 28.3 Å². The Bertz CT molecular complexity index is 882. The molecule has 0 aliphatic heterocycles. The zero-order valence-electron chi connectivity index (χ0n) is 12.8. The Labute approximate surface area is 139 Å². The molecular formula is C20H14N2O2. The molecule has 4 heteroatoms. The minimum Gasteiger partial charge on any atom is -0.457 e. The molecule has 24 heavy (non-hydrogen) atoms. The summed E-state index contributed by atoms with van der Waals surface area (Å²) in [6.07, 6.45) is 0. The molecule has 0 bridgehead atoms. The fourth-order valence-electron chi connectivity index (χ4n) is 2.19. The van der Waals surface area contributed by atoms with Gasteiger partial charge >= 0.3 is 0 Å². The Kier molecular flexibility index (Phi) is 4.55. The molecule has 0 saturated carbocycles. The first-order valence-corrected chi connectivity index (χ1v) is 7.40. The van der Waals surface area contributed by atoms with Crippen molar-refractivity contribution in [3.63, 3.8) is 0 Å². The van der Waals surface area contributed by atoms with Crippen LogP contribution in [0.4, 0.5) is 5.69 Å². The van der Waals surface area contributed by atoms with Gasteiger partial charge in [-0.1, -0.05) is 30.3 Å². The van der Waals surface area contributed by atoms with Crippen molar-refractivity contribution < 1.29 is 9.53 Å². The van der Waals surface area contributed by atoms with Crippen molar-refractivity contribution in [1.29, 1.82) is 5.26 Å². The number of para-hydroxylation sites is 2. The van der Waals surface area contributed by atoms with Gasteiger partial charge in [0.25, 0.3) is 5.91 Å². The lowest BCUT2D eigenvalue weighted by Gasteiger charge is -2.11. The molecule has 0 radical (unpaired) electrons. The maximum atomic E-state index is 12.5. The topological polar surface area (TPSA) is 62.1 Å². The summed E-state index contributed by atoms with van der Waals surface area (Å²) in [6, 6.07) is 25.1. The summed E-state index contributed by atoms with van der Waals surface area (Å²) in [5.41, 5.74) is 1.60. The molecular weight excluding hydrogens is 300 g/mol. The SMILES string of the molecule is N#Cc1ccc(NC(=O)c2ccccc2Oc2ccccc2)cc1. The van der Waals surface area contributed by atoms with Gasteiger partial charge in [0.05, 0.1) is 17.2 Å². The van der Waals surface area contributed by atoms with E-state index < -0.39 is 0 Å². The van der Waals surface area contributed by atoms with Crippen LogP contribution in [0.3, 0.4) is 0 Å². The summed E-state index contributed by atoms with van der Waals surface area (Å²) < 4.78 is 5.80. The van der Waals surface area contributed by atoms with E-state index in [1.165, 1.54) is 0 Å². The highest BCUT2D eigenvalue weighted by Gasteiger charge is 2.13. The Balaban J connectivity index is 1.80. The number of benzene rings is 3. The molecule has 0 unspecified atom stereocenters. The Morgan fingerprint density at radius 3 is 2.25 bits per heavy atom. The van der Waals surface area contributed by atoms with Crippen LogP contribution in [-0.4, -0.2) is 5.91 Å². The average Bonchev–Trinajstić information content (AvgIpc) is 2.63. The van der Waals surface area contributed by atoms with Crippen LogP contribution in [0.2, 0.25) is 0 Å². The third-order valence-electron chi connectivity index (χ3n) is 3.37. The summed E-state index contributed by atoms with van der Waals surface area (Å²) in [5.74, 6) is 0.872. The summed E-state index contributed by atoms with van der Waals surface area (Å²) >= 11 is 0. The van der Waals surface area contributed by atoms with Crippen LogP contribution in [0, 0.1) is 11.3 Å². The van der Waals surface area contributed by atoms with Crippen molar-refractivity contribution in [3.8, 4) is 17.6 Å². The number of hydrogen-bond acceptors (Lipinski definition) is 3. The molecule has 0 heterocycles. The van der Waals surface area contributed by atoms with Gasteiger partial charge in [-0.3, -0.25) is 4.79 Å². The first-order valence-electron chi connectivity index (χ1n) is 7.40. The minimum absolute atomic E-state index is 0.272. The number of nitrogens with one attached hydrogen (secondary N) is 1. The van der Waals surface area contributed by atoms with Gasteiger partial charge in [0.2, 0.25) is 0 Å². The van der Waals surface area contributed by atoms with E-state index in [9.17, 15) is 4.79 Å². The fourth-order valence-corrected chi connectivity index (χ4v) is 2.19. The summed E-state index contributed by atoms with van der Waals surface area (Å²) in [4.78, 5) is 12.5. The number of amides is 1. The van der Waals surface area contributed by atoms with Gasteiger partial charge in [0.15, 0.2) is 0 Å². The normalized spacial score (nSPS) is 9.79. The molecule has 1 N–H and O–H groups in total. The summed E-state index contributed by atoms with van der Waals surface area (Å²) in [7, 11) is 0. The van der Waals surface area contributed by atoms with Gasteiger partial charge in [-0.15, -0.1) is 0 Å². The fraction of sp³-hybridized carbons (Fsp3) is 0. The van der Waals surface area contributed by atoms with Crippen LogP contribution in [0.1, 0.15) is 15.9 Å². The first-order chi connectivity index (χ1) is 11.8. The van der Waals surface area contributed by atoms with Crippen molar-refractivity contribution in [1.82, 2.24) is 0 Å². The number of rotatable bonds is 4. The zero-order chi connectivity index (χ0) is 16.8. The molecule has 3 aromatic rings. The van der Waals surface area contributed by atoms with Crippen LogP contribution in [0.15, 0.2) is 78.9 Å². The molecule has 0 aromatic heterocycles. The van der Waals surface area contributed by atoms with Gasteiger partial charge < -0.3 is 10.1 Å². The molecule has 0 atom stereocenters. The van der Waals surface area contributed by atoms with E-state index >= 15 is 0 Å². The van der Waals surface area contributed by atoms with Gasteiger partial charge in [-0.25, -0.2) is 0 Å². The highest BCUT2D eigenvalue weighted by atomic mass is 16.5. The van der Waals surface area contributed by atoms with Crippen LogP contribution in [-0.2, 0) is 0 Å². The molecule has 4 nitrogen and oxygen atoms in total. The third-order valence-corrected chi connectivity index (χ3v) is 3.37. The summed E-state index contributed by atoms with van der Waals surface area (Å²) in [6.45, 7) is 0. The molecule has 116 valence electrons. The number of anilines is 1. The monoisotopic (exact) mass is 314 g/mol. The first kappa shape index (κ1) is 15.3. The van der Waals surface area contributed by atoms with E-state index in [1.54, 1.807) is 42.5 Å². The molecule has 0 aliphatic carbocycles. The Morgan fingerprint density at radius 2 is 1.54 bits per heavy atom. The van der Waals surface area contributed by atoms with Crippen molar-refractivity contribution in [2.24, 2.45) is 0 Å². The van der Waals surface area contributed by atoms with Gasteiger partial charge in [-0.2, -0.15) is 5.26 Å². The maximum absolute atomic E-state index is 12.5. The van der Waals surface area contributed by atoms with Crippen LogP contribution in [0.5, 0.6) is 11.5 Å². The lowest BCUT2D eigenvalue weighted by atomic mass is 10.1. The number of carbonyl (C=O) groups is 1. The van der Waals surface area contributed by atoms with Gasteiger partial charge in [0.1, 0.15) is 11.5 Å². The zero-order valence-corrected chi connectivity index (χ0v) is 12.8. The second kappa shape index (κ2) is 7.12. The van der Waals surface area contributed by atoms with Crippen molar-refractivity contribution in [2.75, 3.05) is 5.32 Å². The maximum Gasteiger partial charge on any atom is 0.259 e. The Hall–Kier alpha value is -3.58. The smallest absolute Gasteiger partial charge is 0.259 e. The number of nitrogens with zero attached hydrogens (tertiary/aromatic N) is 1. The third kappa shape index (κ3) is 3.60. The van der Waals surface area contributed by atoms with E-state index in [4.69, 9.17) is 10.00 Å². The van der Waals surface area contributed by atoms with Crippen molar-refractivity contribution in [3.05, 3.63) is 90.0 Å². The second-order valence-corrected chi connectivity index (χ2v) is 5.05. The highest BCUT2D eigenvalue weighted by molar-refractivity contribution is 6.06. The van der Waals surface area contributed by atoms with Crippen LogP contribution >= 0.6 is 0 Å². The van der Waals surface area contributed by atoms with Gasteiger partial charge in [0, 0.05) is 5.69 Å². The second-order valence-electron chi connectivity index (χ2n) is 5.05. The lowest BCUT2D eigenvalue weighted by Crippen LogP contribution is -2.12. The lowest BCUT2D eigenvalue weighted by molar-refractivity contribution is 0.102.